The smallest absolute Gasteiger partial charge is 0.223 e. The van der Waals surface area contributed by atoms with Crippen molar-refractivity contribution in [3.05, 3.63) is 58.9 Å². The minimum Gasteiger partial charge on any atom is -0.493 e. The molecule has 2 aromatic carbocycles. The van der Waals surface area contributed by atoms with Crippen molar-refractivity contribution in [1.82, 2.24) is 4.90 Å². The molecule has 0 saturated heterocycles. The van der Waals surface area contributed by atoms with E-state index in [9.17, 15) is 9.18 Å². The predicted octanol–water partition coefficient (Wildman–Crippen LogP) is 3.73. The molecule has 5 heteroatoms. The Bertz CT molecular complexity index is 791. The number of carbonyl (C=O) groups is 1. The van der Waals surface area contributed by atoms with Crippen molar-refractivity contribution in [2.75, 3.05) is 20.8 Å². The molecule has 0 aliphatic carbocycles. The summed E-state index contributed by atoms with van der Waals surface area (Å²) in [5.41, 5.74) is 2.80. The molecule has 0 spiro atoms. The van der Waals surface area contributed by atoms with Crippen LogP contribution in [0.3, 0.4) is 0 Å². The van der Waals surface area contributed by atoms with Crippen molar-refractivity contribution in [1.29, 1.82) is 0 Å². The van der Waals surface area contributed by atoms with Gasteiger partial charge in [0.15, 0.2) is 11.5 Å². The summed E-state index contributed by atoms with van der Waals surface area (Å²) in [6.07, 6.45) is 1.14. The second-order valence-corrected chi connectivity index (χ2v) is 6.05. The number of benzene rings is 2. The monoisotopic (exact) mass is 343 g/mol. The van der Waals surface area contributed by atoms with Gasteiger partial charge < -0.3 is 14.4 Å². The van der Waals surface area contributed by atoms with E-state index in [-0.39, 0.29) is 17.8 Å². The average Bonchev–Trinajstić information content (AvgIpc) is 2.65. The van der Waals surface area contributed by atoms with Crippen LogP contribution in [-0.4, -0.2) is 31.6 Å². The molecule has 1 unspecified atom stereocenters. The first-order valence-corrected chi connectivity index (χ1v) is 8.38. The van der Waals surface area contributed by atoms with Crippen LogP contribution < -0.4 is 9.47 Å². The van der Waals surface area contributed by atoms with Crippen molar-refractivity contribution in [2.45, 2.75) is 25.8 Å². The van der Waals surface area contributed by atoms with Crippen LogP contribution in [0.2, 0.25) is 0 Å². The van der Waals surface area contributed by atoms with Crippen LogP contribution in [-0.2, 0) is 11.2 Å². The second-order valence-electron chi connectivity index (χ2n) is 6.05. The number of rotatable bonds is 4. The normalized spacial score (nSPS) is 16.3. The highest BCUT2D eigenvalue weighted by Gasteiger charge is 2.32. The summed E-state index contributed by atoms with van der Waals surface area (Å²) < 4.78 is 24.6. The fourth-order valence-electron chi connectivity index (χ4n) is 3.45. The molecule has 0 bridgehead atoms. The maximum atomic E-state index is 13.8. The lowest BCUT2D eigenvalue weighted by Gasteiger charge is -2.38. The van der Waals surface area contributed by atoms with Crippen LogP contribution in [0, 0.1) is 5.82 Å². The molecule has 0 N–H and O–H groups in total. The Morgan fingerprint density at radius 3 is 2.56 bits per heavy atom. The van der Waals surface area contributed by atoms with Crippen LogP contribution in [0.25, 0.3) is 0 Å². The van der Waals surface area contributed by atoms with Gasteiger partial charge in [-0.05, 0) is 47.4 Å². The van der Waals surface area contributed by atoms with E-state index in [1.54, 1.807) is 20.3 Å². The first kappa shape index (κ1) is 17.3. The standard InChI is InChI=1S/C20H22FNO3/c1-4-19(23)22-9-8-13-11-17(24-2)18(25-3)12-16(13)20(22)14-6-5-7-15(21)10-14/h5-7,10-12,20H,4,8-9H2,1-3H3. The lowest BCUT2D eigenvalue weighted by atomic mass is 9.87. The van der Waals surface area contributed by atoms with E-state index in [4.69, 9.17) is 9.47 Å². The summed E-state index contributed by atoms with van der Waals surface area (Å²) in [4.78, 5) is 14.3. The number of amides is 1. The van der Waals surface area contributed by atoms with Crippen LogP contribution in [0.5, 0.6) is 11.5 Å². The molecule has 1 aliphatic heterocycles. The minimum atomic E-state index is -0.327. The summed E-state index contributed by atoms with van der Waals surface area (Å²) in [5, 5.41) is 0. The van der Waals surface area contributed by atoms with E-state index in [0.29, 0.717) is 24.5 Å². The van der Waals surface area contributed by atoms with Crippen molar-refractivity contribution in [3.63, 3.8) is 0 Å². The molecule has 1 atom stereocenters. The maximum Gasteiger partial charge on any atom is 0.223 e. The summed E-state index contributed by atoms with van der Waals surface area (Å²) in [7, 11) is 3.18. The third-order valence-corrected chi connectivity index (χ3v) is 4.66. The first-order chi connectivity index (χ1) is 12.1. The highest BCUT2D eigenvalue weighted by molar-refractivity contribution is 5.77. The number of hydrogen-bond acceptors (Lipinski definition) is 3. The number of carbonyl (C=O) groups excluding carboxylic acids is 1. The first-order valence-electron chi connectivity index (χ1n) is 8.38. The lowest BCUT2D eigenvalue weighted by molar-refractivity contribution is -0.132. The summed E-state index contributed by atoms with van der Waals surface area (Å²) in [6.45, 7) is 2.44. The lowest BCUT2D eigenvalue weighted by Crippen LogP contribution is -2.40. The molecule has 4 nitrogen and oxygen atoms in total. The molecular weight excluding hydrogens is 321 g/mol. The van der Waals surface area contributed by atoms with E-state index in [0.717, 1.165) is 23.1 Å². The van der Waals surface area contributed by atoms with E-state index >= 15 is 0 Å². The highest BCUT2D eigenvalue weighted by Crippen LogP contribution is 2.41. The van der Waals surface area contributed by atoms with Gasteiger partial charge in [-0.1, -0.05) is 19.1 Å². The van der Waals surface area contributed by atoms with Gasteiger partial charge in [0.2, 0.25) is 5.91 Å². The molecule has 1 aliphatic rings. The quantitative estimate of drug-likeness (QED) is 0.849. The third-order valence-electron chi connectivity index (χ3n) is 4.66. The SMILES string of the molecule is CCC(=O)N1CCc2cc(OC)c(OC)cc2C1c1cccc(F)c1. The Labute approximate surface area is 147 Å². The van der Waals surface area contributed by atoms with Crippen molar-refractivity contribution < 1.29 is 18.7 Å². The molecular formula is C20H22FNO3. The van der Waals surface area contributed by atoms with Gasteiger partial charge in [-0.15, -0.1) is 0 Å². The molecule has 0 saturated carbocycles. The number of fused-ring (bicyclic) bond motifs is 1. The molecule has 3 rings (SSSR count). The van der Waals surface area contributed by atoms with E-state index in [1.807, 2.05) is 30.0 Å². The van der Waals surface area contributed by atoms with Crippen LogP contribution in [0.4, 0.5) is 4.39 Å². The zero-order valence-corrected chi connectivity index (χ0v) is 14.7. The largest absolute Gasteiger partial charge is 0.493 e. The Morgan fingerprint density at radius 1 is 1.20 bits per heavy atom. The van der Waals surface area contributed by atoms with Gasteiger partial charge >= 0.3 is 0 Å². The van der Waals surface area contributed by atoms with Gasteiger partial charge in [-0.3, -0.25) is 4.79 Å². The Balaban J connectivity index is 2.18. The van der Waals surface area contributed by atoms with Crippen molar-refractivity contribution in [2.24, 2.45) is 0 Å². The fraction of sp³-hybridized carbons (Fsp3) is 0.350. The number of nitrogens with zero attached hydrogens (tertiary/aromatic N) is 1. The molecule has 1 heterocycles. The third kappa shape index (κ3) is 3.18. The second kappa shape index (κ2) is 7.13. The maximum absolute atomic E-state index is 13.8. The van der Waals surface area contributed by atoms with Crippen LogP contribution >= 0.6 is 0 Å². The fourth-order valence-corrected chi connectivity index (χ4v) is 3.45. The molecule has 0 fully saturated rings. The topological polar surface area (TPSA) is 38.8 Å². The van der Waals surface area contributed by atoms with Crippen LogP contribution in [0.15, 0.2) is 36.4 Å². The molecule has 0 aromatic heterocycles. The summed E-state index contributed by atoms with van der Waals surface area (Å²) in [5.74, 6) is 1.01. The Hall–Kier alpha value is -2.56. The molecule has 0 radical (unpaired) electrons. The average molecular weight is 343 g/mol. The van der Waals surface area contributed by atoms with E-state index in [1.165, 1.54) is 12.1 Å². The van der Waals surface area contributed by atoms with Gasteiger partial charge in [-0.2, -0.15) is 0 Å². The van der Waals surface area contributed by atoms with Crippen molar-refractivity contribution in [3.8, 4) is 11.5 Å². The molecule has 132 valence electrons. The zero-order valence-electron chi connectivity index (χ0n) is 14.7. The predicted molar refractivity (Wildman–Crippen MR) is 93.5 cm³/mol. The number of methoxy groups -OCH3 is 2. The molecule has 25 heavy (non-hydrogen) atoms. The Kier molecular flexibility index (Phi) is 4.93. The van der Waals surface area contributed by atoms with Gasteiger partial charge in [0.05, 0.1) is 20.3 Å². The van der Waals surface area contributed by atoms with Crippen molar-refractivity contribution >= 4 is 5.91 Å². The van der Waals surface area contributed by atoms with Gasteiger partial charge in [0.1, 0.15) is 5.82 Å². The molecule has 1 amide bonds. The number of halogens is 1. The van der Waals surface area contributed by atoms with Crippen LogP contribution in [0.1, 0.15) is 36.1 Å². The summed E-state index contributed by atoms with van der Waals surface area (Å²) >= 11 is 0. The number of hydrogen-bond donors (Lipinski definition) is 0. The Morgan fingerprint density at radius 2 is 1.92 bits per heavy atom. The van der Waals surface area contributed by atoms with Gasteiger partial charge in [0.25, 0.3) is 0 Å². The highest BCUT2D eigenvalue weighted by atomic mass is 19.1. The van der Waals surface area contributed by atoms with Gasteiger partial charge in [-0.25, -0.2) is 4.39 Å². The zero-order chi connectivity index (χ0) is 18.0. The molecule has 2 aromatic rings. The minimum absolute atomic E-state index is 0.0506. The summed E-state index contributed by atoms with van der Waals surface area (Å²) in [6, 6.07) is 9.96. The van der Waals surface area contributed by atoms with Gasteiger partial charge in [0, 0.05) is 13.0 Å². The van der Waals surface area contributed by atoms with E-state index < -0.39 is 0 Å². The van der Waals surface area contributed by atoms with E-state index in [2.05, 4.69) is 0 Å². The number of ether oxygens (including phenoxy) is 2.